The van der Waals surface area contributed by atoms with Gasteiger partial charge in [-0.2, -0.15) is 0 Å². The maximum atomic E-state index is 10.2. The smallest absolute Gasteiger partial charge is 0.0855 e. The maximum absolute atomic E-state index is 10.2. The summed E-state index contributed by atoms with van der Waals surface area (Å²) in [6, 6.07) is 19.9. The van der Waals surface area contributed by atoms with E-state index in [2.05, 4.69) is 12.1 Å². The Kier molecular flexibility index (Phi) is 6.16. The first kappa shape index (κ1) is 14.5. The fourth-order valence-corrected chi connectivity index (χ4v) is 1.88. The summed E-state index contributed by atoms with van der Waals surface area (Å²) in [5.41, 5.74) is 2.14. The molecule has 1 heteroatoms. The summed E-state index contributed by atoms with van der Waals surface area (Å²) in [6.45, 7) is 6.05. The summed E-state index contributed by atoms with van der Waals surface area (Å²) in [4.78, 5) is 0. The lowest BCUT2D eigenvalue weighted by Crippen LogP contribution is -2.07. The fraction of sp³-hybridized carbons (Fsp3) is 0.294. The van der Waals surface area contributed by atoms with Gasteiger partial charge in [-0.1, -0.05) is 81.4 Å². The van der Waals surface area contributed by atoms with Crippen LogP contribution < -0.4 is 0 Å². The van der Waals surface area contributed by atoms with E-state index in [1.807, 2.05) is 69.3 Å². The van der Waals surface area contributed by atoms with Crippen molar-refractivity contribution < 1.29 is 5.11 Å². The molecule has 1 N–H and O–H groups in total. The molecule has 2 unspecified atom stereocenters. The zero-order chi connectivity index (χ0) is 13.4. The second-order valence-corrected chi connectivity index (χ2v) is 4.05. The van der Waals surface area contributed by atoms with Gasteiger partial charge in [0.25, 0.3) is 0 Å². The van der Waals surface area contributed by atoms with E-state index in [0.717, 1.165) is 5.56 Å². The van der Waals surface area contributed by atoms with Crippen molar-refractivity contribution in [1.82, 2.24) is 0 Å². The fourth-order valence-electron chi connectivity index (χ4n) is 1.88. The van der Waals surface area contributed by atoms with E-state index in [1.165, 1.54) is 5.56 Å². The second kappa shape index (κ2) is 7.67. The molecule has 0 radical (unpaired) electrons. The lowest BCUT2D eigenvalue weighted by Gasteiger charge is -2.19. The van der Waals surface area contributed by atoms with Crippen LogP contribution in [0.2, 0.25) is 0 Å². The highest BCUT2D eigenvalue weighted by molar-refractivity contribution is 5.25. The third-order valence-electron chi connectivity index (χ3n) is 2.94. The maximum Gasteiger partial charge on any atom is 0.0855 e. The van der Waals surface area contributed by atoms with Crippen LogP contribution in [0.5, 0.6) is 0 Å². The van der Waals surface area contributed by atoms with Gasteiger partial charge in [0.1, 0.15) is 0 Å². The monoisotopic (exact) mass is 242 g/mol. The summed E-state index contributed by atoms with van der Waals surface area (Å²) >= 11 is 0. The Balaban J connectivity index is 0.000000771. The molecule has 0 fully saturated rings. The largest absolute Gasteiger partial charge is 0.388 e. The standard InChI is InChI=1S/C15H16O.C2H6/c1-12(13-8-4-2-5-9-13)15(16)14-10-6-3-7-11-14;1-2/h2-12,15-16H,1H3;1-2H3. The quantitative estimate of drug-likeness (QED) is 0.837. The van der Waals surface area contributed by atoms with E-state index in [1.54, 1.807) is 0 Å². The van der Waals surface area contributed by atoms with Gasteiger partial charge in [-0.05, 0) is 11.1 Å². The van der Waals surface area contributed by atoms with Gasteiger partial charge in [0.05, 0.1) is 6.10 Å². The first-order chi connectivity index (χ1) is 8.79. The second-order valence-electron chi connectivity index (χ2n) is 4.05. The van der Waals surface area contributed by atoms with Crippen LogP contribution in [0.4, 0.5) is 0 Å². The van der Waals surface area contributed by atoms with Gasteiger partial charge >= 0.3 is 0 Å². The lowest BCUT2D eigenvalue weighted by atomic mass is 9.91. The summed E-state index contributed by atoms with van der Waals surface area (Å²) in [5.74, 6) is 0.114. The summed E-state index contributed by atoms with van der Waals surface area (Å²) < 4.78 is 0. The molecule has 0 saturated heterocycles. The third-order valence-corrected chi connectivity index (χ3v) is 2.94. The Morgan fingerprint density at radius 2 is 1.11 bits per heavy atom. The minimum Gasteiger partial charge on any atom is -0.388 e. The first-order valence-electron chi connectivity index (χ1n) is 6.57. The van der Waals surface area contributed by atoms with Crippen molar-refractivity contribution in [3.63, 3.8) is 0 Å². The third kappa shape index (κ3) is 3.71. The molecule has 0 aromatic heterocycles. The van der Waals surface area contributed by atoms with Gasteiger partial charge in [-0.15, -0.1) is 0 Å². The molecule has 0 amide bonds. The van der Waals surface area contributed by atoms with Crippen molar-refractivity contribution in [2.45, 2.75) is 32.8 Å². The van der Waals surface area contributed by atoms with E-state index < -0.39 is 6.10 Å². The summed E-state index contributed by atoms with van der Waals surface area (Å²) in [7, 11) is 0. The normalized spacial score (nSPS) is 13.1. The van der Waals surface area contributed by atoms with Gasteiger partial charge in [-0.3, -0.25) is 0 Å². The van der Waals surface area contributed by atoms with Crippen LogP contribution in [0, 0.1) is 0 Å². The molecule has 0 aliphatic carbocycles. The number of hydrogen-bond acceptors (Lipinski definition) is 1. The average molecular weight is 242 g/mol. The molecular weight excluding hydrogens is 220 g/mol. The van der Waals surface area contributed by atoms with Crippen molar-refractivity contribution in [3.8, 4) is 0 Å². The Morgan fingerprint density at radius 3 is 1.56 bits per heavy atom. The van der Waals surface area contributed by atoms with Crippen LogP contribution in [0.1, 0.15) is 43.9 Å². The number of rotatable bonds is 3. The highest BCUT2D eigenvalue weighted by Crippen LogP contribution is 2.29. The molecule has 18 heavy (non-hydrogen) atoms. The molecular formula is C17H22O. The molecule has 96 valence electrons. The molecule has 0 bridgehead atoms. The molecule has 0 spiro atoms. The van der Waals surface area contributed by atoms with Crippen LogP contribution in [0.15, 0.2) is 60.7 Å². The molecule has 2 aromatic carbocycles. The zero-order valence-electron chi connectivity index (χ0n) is 11.4. The van der Waals surface area contributed by atoms with E-state index in [-0.39, 0.29) is 5.92 Å². The topological polar surface area (TPSA) is 20.2 Å². The molecule has 0 saturated carbocycles. The summed E-state index contributed by atoms with van der Waals surface area (Å²) in [5, 5.41) is 10.2. The highest BCUT2D eigenvalue weighted by atomic mass is 16.3. The number of aliphatic hydroxyl groups excluding tert-OH is 1. The van der Waals surface area contributed by atoms with Gasteiger partial charge < -0.3 is 5.11 Å². The predicted octanol–water partition coefficient (Wildman–Crippen LogP) is 4.55. The van der Waals surface area contributed by atoms with Gasteiger partial charge in [0.2, 0.25) is 0 Å². The zero-order valence-corrected chi connectivity index (χ0v) is 11.4. The average Bonchev–Trinajstić information content (AvgIpc) is 2.49. The van der Waals surface area contributed by atoms with Crippen LogP contribution in [0.25, 0.3) is 0 Å². The van der Waals surface area contributed by atoms with E-state index in [0.29, 0.717) is 0 Å². The van der Waals surface area contributed by atoms with Crippen LogP contribution >= 0.6 is 0 Å². The van der Waals surface area contributed by atoms with Crippen molar-refractivity contribution in [2.24, 2.45) is 0 Å². The molecule has 0 heterocycles. The Morgan fingerprint density at radius 1 is 0.722 bits per heavy atom. The summed E-state index contributed by atoms with van der Waals surface area (Å²) in [6.07, 6.45) is -0.441. The number of hydrogen-bond donors (Lipinski definition) is 1. The minimum atomic E-state index is -0.441. The van der Waals surface area contributed by atoms with Crippen molar-refractivity contribution >= 4 is 0 Å². The molecule has 2 aromatic rings. The predicted molar refractivity (Wildman–Crippen MR) is 77.6 cm³/mol. The molecule has 0 aliphatic heterocycles. The molecule has 1 nitrogen and oxygen atoms in total. The van der Waals surface area contributed by atoms with E-state index in [4.69, 9.17) is 0 Å². The van der Waals surface area contributed by atoms with Crippen molar-refractivity contribution in [3.05, 3.63) is 71.8 Å². The molecule has 2 rings (SSSR count). The van der Waals surface area contributed by atoms with Crippen LogP contribution in [-0.2, 0) is 0 Å². The van der Waals surface area contributed by atoms with Gasteiger partial charge in [0, 0.05) is 5.92 Å². The first-order valence-corrected chi connectivity index (χ1v) is 6.57. The van der Waals surface area contributed by atoms with E-state index >= 15 is 0 Å². The van der Waals surface area contributed by atoms with Gasteiger partial charge in [0.15, 0.2) is 0 Å². The van der Waals surface area contributed by atoms with E-state index in [9.17, 15) is 5.11 Å². The van der Waals surface area contributed by atoms with Crippen LogP contribution in [-0.4, -0.2) is 5.11 Å². The van der Waals surface area contributed by atoms with Crippen molar-refractivity contribution in [1.29, 1.82) is 0 Å². The number of aliphatic hydroxyl groups is 1. The lowest BCUT2D eigenvalue weighted by molar-refractivity contribution is 0.151. The van der Waals surface area contributed by atoms with Crippen molar-refractivity contribution in [2.75, 3.05) is 0 Å². The van der Waals surface area contributed by atoms with Crippen LogP contribution in [0.3, 0.4) is 0 Å². The number of benzene rings is 2. The Labute approximate surface area is 110 Å². The SMILES string of the molecule is CC.CC(c1ccccc1)C(O)c1ccccc1. The molecule has 0 aliphatic rings. The highest BCUT2D eigenvalue weighted by Gasteiger charge is 2.17. The molecule has 2 atom stereocenters. The van der Waals surface area contributed by atoms with Gasteiger partial charge in [-0.25, -0.2) is 0 Å². The Hall–Kier alpha value is -1.60. The Bertz CT molecular complexity index is 378. The minimum absolute atomic E-state index is 0.114.